The lowest BCUT2D eigenvalue weighted by molar-refractivity contribution is -0.314. The van der Waals surface area contributed by atoms with Gasteiger partial charge in [-0.15, -0.1) is 0 Å². The minimum absolute atomic E-state index is 0.0942. The maximum atomic E-state index is 10.4. The van der Waals surface area contributed by atoms with Crippen molar-refractivity contribution in [2.45, 2.75) is 51.3 Å². The van der Waals surface area contributed by atoms with Crippen LogP contribution >= 0.6 is 0 Å². The molecule has 0 aliphatic heterocycles. The monoisotopic (exact) mass is 357 g/mol. The van der Waals surface area contributed by atoms with Gasteiger partial charge in [0.1, 0.15) is 6.10 Å². The van der Waals surface area contributed by atoms with E-state index in [4.69, 9.17) is 4.84 Å². The van der Waals surface area contributed by atoms with E-state index in [1.54, 1.807) is 5.06 Å². The van der Waals surface area contributed by atoms with E-state index in [1.165, 1.54) is 0 Å². The van der Waals surface area contributed by atoms with E-state index < -0.39 is 11.1 Å². The zero-order chi connectivity index (χ0) is 19.2. The standard InChI is InChI=1S/C22H31NO3/c1-5-22(17-25,20-14-10-7-11-15-20)23(21(3,4)16-24)26-18(2)19-12-8-6-9-13-19/h6-15,18,24-25H,5,16-17H2,1-4H3. The zero-order valence-electron chi connectivity index (χ0n) is 16.2. The van der Waals surface area contributed by atoms with E-state index >= 15 is 0 Å². The summed E-state index contributed by atoms with van der Waals surface area (Å²) in [6, 6.07) is 19.8. The van der Waals surface area contributed by atoms with Crippen molar-refractivity contribution in [3.63, 3.8) is 0 Å². The maximum Gasteiger partial charge on any atom is 0.102 e. The van der Waals surface area contributed by atoms with Crippen LogP contribution in [0.5, 0.6) is 0 Å². The SMILES string of the molecule is CCC(CO)(c1ccccc1)N(OC(C)c1ccccc1)C(C)(C)CO. The van der Waals surface area contributed by atoms with E-state index in [9.17, 15) is 10.2 Å². The molecule has 4 heteroatoms. The van der Waals surface area contributed by atoms with Crippen LogP contribution < -0.4 is 0 Å². The molecule has 0 amide bonds. The van der Waals surface area contributed by atoms with Crippen molar-refractivity contribution >= 4 is 0 Å². The summed E-state index contributed by atoms with van der Waals surface area (Å²) in [4.78, 5) is 6.41. The third kappa shape index (κ3) is 4.15. The lowest BCUT2D eigenvalue weighted by atomic mass is 9.84. The van der Waals surface area contributed by atoms with Crippen molar-refractivity contribution in [2.75, 3.05) is 13.2 Å². The van der Waals surface area contributed by atoms with Crippen LogP contribution in [0.25, 0.3) is 0 Å². The minimum atomic E-state index is -0.753. The van der Waals surface area contributed by atoms with Gasteiger partial charge in [0, 0.05) is 0 Å². The predicted octanol–water partition coefficient (Wildman–Crippen LogP) is 4.05. The van der Waals surface area contributed by atoms with Gasteiger partial charge >= 0.3 is 0 Å². The molecule has 0 fully saturated rings. The molecule has 0 spiro atoms. The fourth-order valence-electron chi connectivity index (χ4n) is 3.31. The highest BCUT2D eigenvalue weighted by atomic mass is 16.7. The Balaban J connectivity index is 2.48. The molecule has 2 aromatic rings. The van der Waals surface area contributed by atoms with Gasteiger partial charge in [0.15, 0.2) is 0 Å². The van der Waals surface area contributed by atoms with Crippen molar-refractivity contribution in [1.82, 2.24) is 5.06 Å². The van der Waals surface area contributed by atoms with Gasteiger partial charge in [-0.05, 0) is 38.3 Å². The summed E-state index contributed by atoms with van der Waals surface area (Å²) in [7, 11) is 0. The zero-order valence-corrected chi connectivity index (χ0v) is 16.2. The Morgan fingerprint density at radius 1 is 0.923 bits per heavy atom. The molecule has 2 aromatic carbocycles. The lowest BCUT2D eigenvalue weighted by Gasteiger charge is -2.50. The van der Waals surface area contributed by atoms with Crippen molar-refractivity contribution in [3.05, 3.63) is 71.8 Å². The van der Waals surface area contributed by atoms with Crippen LogP contribution in [0.3, 0.4) is 0 Å². The molecular weight excluding hydrogens is 326 g/mol. The lowest BCUT2D eigenvalue weighted by Crippen LogP contribution is -2.59. The summed E-state index contributed by atoms with van der Waals surface area (Å²) in [5.74, 6) is 0. The van der Waals surface area contributed by atoms with E-state index in [2.05, 4.69) is 0 Å². The van der Waals surface area contributed by atoms with Gasteiger partial charge in [-0.1, -0.05) is 67.6 Å². The van der Waals surface area contributed by atoms with Crippen molar-refractivity contribution < 1.29 is 15.1 Å². The molecule has 2 atom stereocenters. The third-order valence-corrected chi connectivity index (χ3v) is 5.02. The fraction of sp³-hybridized carbons (Fsp3) is 0.455. The molecule has 0 heterocycles. The first-order valence-electron chi connectivity index (χ1n) is 9.20. The van der Waals surface area contributed by atoms with Gasteiger partial charge in [-0.25, -0.2) is 0 Å². The quantitative estimate of drug-likeness (QED) is 0.665. The first-order chi connectivity index (χ1) is 12.4. The van der Waals surface area contributed by atoms with Gasteiger partial charge in [-0.3, -0.25) is 4.84 Å². The Morgan fingerprint density at radius 3 is 1.92 bits per heavy atom. The van der Waals surface area contributed by atoms with Gasteiger partial charge < -0.3 is 10.2 Å². The molecule has 2 rings (SSSR count). The number of benzene rings is 2. The van der Waals surface area contributed by atoms with E-state index in [0.717, 1.165) is 11.1 Å². The molecule has 0 aliphatic carbocycles. The number of hydroxylamine groups is 2. The molecule has 0 aliphatic rings. The molecule has 0 saturated heterocycles. The number of nitrogens with zero attached hydrogens (tertiary/aromatic N) is 1. The summed E-state index contributed by atoms with van der Waals surface area (Å²) in [5, 5.41) is 22.3. The normalized spacial score (nSPS) is 15.7. The number of aliphatic hydroxyl groups excluding tert-OH is 2. The second kappa shape index (κ2) is 8.78. The maximum absolute atomic E-state index is 10.4. The number of aliphatic hydroxyl groups is 2. The molecule has 26 heavy (non-hydrogen) atoms. The first-order valence-corrected chi connectivity index (χ1v) is 9.20. The second-order valence-electron chi connectivity index (χ2n) is 7.33. The van der Waals surface area contributed by atoms with Gasteiger partial charge in [-0.2, -0.15) is 5.06 Å². The highest BCUT2D eigenvalue weighted by molar-refractivity contribution is 5.25. The molecule has 0 aromatic heterocycles. The van der Waals surface area contributed by atoms with E-state index in [-0.39, 0.29) is 19.3 Å². The Morgan fingerprint density at radius 2 is 1.46 bits per heavy atom. The van der Waals surface area contributed by atoms with Crippen molar-refractivity contribution in [3.8, 4) is 0 Å². The minimum Gasteiger partial charge on any atom is -0.394 e. The summed E-state index contributed by atoms with van der Waals surface area (Å²) in [5.41, 5.74) is 0.572. The van der Waals surface area contributed by atoms with Crippen molar-refractivity contribution in [1.29, 1.82) is 0 Å². The van der Waals surface area contributed by atoms with Crippen LogP contribution in [-0.2, 0) is 10.4 Å². The smallest absolute Gasteiger partial charge is 0.102 e. The highest BCUT2D eigenvalue weighted by Gasteiger charge is 2.46. The summed E-state index contributed by atoms with van der Waals surface area (Å²) >= 11 is 0. The van der Waals surface area contributed by atoms with Crippen LogP contribution in [0.2, 0.25) is 0 Å². The predicted molar refractivity (Wildman–Crippen MR) is 104 cm³/mol. The molecule has 0 saturated carbocycles. The molecule has 0 bridgehead atoms. The number of rotatable bonds is 9. The Hall–Kier alpha value is -1.72. The van der Waals surface area contributed by atoms with Crippen LogP contribution in [0, 0.1) is 0 Å². The third-order valence-electron chi connectivity index (χ3n) is 5.02. The van der Waals surface area contributed by atoms with Gasteiger partial charge in [0.05, 0.1) is 24.3 Å². The molecular formula is C22H31NO3. The summed E-state index contributed by atoms with van der Waals surface area (Å²) < 4.78 is 0. The average Bonchev–Trinajstić information content (AvgIpc) is 2.69. The van der Waals surface area contributed by atoms with E-state index in [0.29, 0.717) is 6.42 Å². The molecule has 142 valence electrons. The van der Waals surface area contributed by atoms with Crippen LogP contribution in [0.4, 0.5) is 0 Å². The number of hydrogen-bond donors (Lipinski definition) is 2. The Kier molecular flexibility index (Phi) is 6.95. The van der Waals surface area contributed by atoms with E-state index in [1.807, 2.05) is 88.4 Å². The van der Waals surface area contributed by atoms with Crippen molar-refractivity contribution in [2.24, 2.45) is 0 Å². The topological polar surface area (TPSA) is 52.9 Å². The molecule has 2 unspecified atom stereocenters. The molecule has 4 nitrogen and oxygen atoms in total. The highest BCUT2D eigenvalue weighted by Crippen LogP contribution is 2.39. The fourth-order valence-corrected chi connectivity index (χ4v) is 3.31. The molecule has 0 radical (unpaired) electrons. The Labute approximate surface area is 157 Å². The second-order valence-corrected chi connectivity index (χ2v) is 7.33. The van der Waals surface area contributed by atoms with Gasteiger partial charge in [0.25, 0.3) is 0 Å². The largest absolute Gasteiger partial charge is 0.394 e. The van der Waals surface area contributed by atoms with Crippen LogP contribution in [-0.4, -0.2) is 34.0 Å². The van der Waals surface area contributed by atoms with Crippen LogP contribution in [0.15, 0.2) is 60.7 Å². The van der Waals surface area contributed by atoms with Gasteiger partial charge in [0.2, 0.25) is 0 Å². The molecule has 2 N–H and O–H groups in total. The first kappa shape index (κ1) is 20.6. The Bertz CT molecular complexity index is 654. The van der Waals surface area contributed by atoms with Crippen LogP contribution in [0.1, 0.15) is 51.3 Å². The average molecular weight is 357 g/mol. The summed E-state index contributed by atoms with van der Waals surface area (Å²) in [6.07, 6.45) is 0.418. The summed E-state index contributed by atoms with van der Waals surface area (Å²) in [6.45, 7) is 7.65. The number of hydrogen-bond acceptors (Lipinski definition) is 4.